The number of hydrogen-bond donors (Lipinski definition) is 1. The van der Waals surface area contributed by atoms with Crippen molar-refractivity contribution < 1.29 is 9.59 Å². The van der Waals surface area contributed by atoms with E-state index in [1.807, 2.05) is 52.0 Å². The van der Waals surface area contributed by atoms with Gasteiger partial charge in [0.05, 0.1) is 0 Å². The van der Waals surface area contributed by atoms with Gasteiger partial charge in [-0.15, -0.1) is 0 Å². The van der Waals surface area contributed by atoms with Crippen molar-refractivity contribution in [3.63, 3.8) is 0 Å². The maximum atomic E-state index is 13.3. The van der Waals surface area contributed by atoms with Crippen LogP contribution in [0.5, 0.6) is 0 Å². The molecule has 0 aliphatic heterocycles. The first-order valence-corrected chi connectivity index (χ1v) is 11.6. The zero-order chi connectivity index (χ0) is 22.8. The standard InChI is InChI=1S/C27H38N2O2/c1-6-21(5)28-27(31)25(8-3)29(19-24-11-9-20(4)10-12-24)26(30)18-17-23-15-13-22(7-2)14-16-23/h9-16,21,25H,6-8,17-19H2,1-5H3,(H,28,31)/t21-,25-/m1/s1. The summed E-state index contributed by atoms with van der Waals surface area (Å²) >= 11 is 0. The molecule has 168 valence electrons. The summed E-state index contributed by atoms with van der Waals surface area (Å²) in [6.45, 7) is 10.6. The lowest BCUT2D eigenvalue weighted by molar-refractivity contribution is -0.141. The number of nitrogens with one attached hydrogen (secondary N) is 1. The zero-order valence-electron chi connectivity index (χ0n) is 19.8. The highest BCUT2D eigenvalue weighted by molar-refractivity contribution is 5.87. The van der Waals surface area contributed by atoms with Crippen LogP contribution in [0.25, 0.3) is 0 Å². The Kier molecular flexibility index (Phi) is 9.77. The summed E-state index contributed by atoms with van der Waals surface area (Å²) < 4.78 is 0. The van der Waals surface area contributed by atoms with Crippen LogP contribution in [0.2, 0.25) is 0 Å². The Morgan fingerprint density at radius 2 is 1.45 bits per heavy atom. The Bertz CT molecular complexity index is 827. The van der Waals surface area contributed by atoms with E-state index in [9.17, 15) is 9.59 Å². The van der Waals surface area contributed by atoms with Gasteiger partial charge in [0.1, 0.15) is 6.04 Å². The third-order valence-electron chi connectivity index (χ3n) is 5.92. The molecular weight excluding hydrogens is 384 g/mol. The minimum absolute atomic E-state index is 0.0197. The number of nitrogens with zero attached hydrogens (tertiary/aromatic N) is 1. The zero-order valence-corrected chi connectivity index (χ0v) is 19.8. The Balaban J connectivity index is 2.18. The summed E-state index contributed by atoms with van der Waals surface area (Å²) in [6, 6.07) is 16.3. The van der Waals surface area contributed by atoms with E-state index in [0.717, 1.165) is 24.0 Å². The molecule has 0 heterocycles. The molecule has 2 rings (SSSR count). The molecule has 0 saturated heterocycles. The topological polar surface area (TPSA) is 49.4 Å². The summed E-state index contributed by atoms with van der Waals surface area (Å²) in [4.78, 5) is 28.1. The van der Waals surface area contributed by atoms with E-state index in [1.54, 1.807) is 4.90 Å². The van der Waals surface area contributed by atoms with Gasteiger partial charge in [0, 0.05) is 19.0 Å². The minimum atomic E-state index is -0.467. The molecule has 2 aromatic rings. The van der Waals surface area contributed by atoms with Gasteiger partial charge in [0.25, 0.3) is 0 Å². The lowest BCUT2D eigenvalue weighted by Gasteiger charge is -2.31. The molecule has 0 bridgehead atoms. The molecular formula is C27H38N2O2. The number of benzene rings is 2. The van der Waals surface area contributed by atoms with Crippen molar-refractivity contribution in [2.24, 2.45) is 0 Å². The van der Waals surface area contributed by atoms with Gasteiger partial charge < -0.3 is 10.2 Å². The molecule has 2 atom stereocenters. The second kappa shape index (κ2) is 12.3. The first-order valence-electron chi connectivity index (χ1n) is 11.6. The van der Waals surface area contributed by atoms with Crippen LogP contribution in [-0.2, 0) is 29.0 Å². The van der Waals surface area contributed by atoms with Gasteiger partial charge in [0.15, 0.2) is 0 Å². The predicted molar refractivity (Wildman–Crippen MR) is 128 cm³/mol. The van der Waals surface area contributed by atoms with E-state index in [-0.39, 0.29) is 17.9 Å². The molecule has 0 unspecified atom stereocenters. The molecule has 2 amide bonds. The van der Waals surface area contributed by atoms with Gasteiger partial charge in [0.2, 0.25) is 11.8 Å². The van der Waals surface area contributed by atoms with E-state index in [2.05, 4.69) is 36.5 Å². The quantitative estimate of drug-likeness (QED) is 0.540. The number of carbonyl (C=O) groups is 2. The fourth-order valence-electron chi connectivity index (χ4n) is 3.59. The minimum Gasteiger partial charge on any atom is -0.352 e. The van der Waals surface area contributed by atoms with Gasteiger partial charge in [-0.05, 0) is 56.2 Å². The third kappa shape index (κ3) is 7.54. The summed E-state index contributed by atoms with van der Waals surface area (Å²) in [5, 5.41) is 3.06. The summed E-state index contributed by atoms with van der Waals surface area (Å²) in [6.07, 6.45) is 3.53. The normalized spacial score (nSPS) is 12.8. The molecule has 0 saturated carbocycles. The van der Waals surface area contributed by atoms with E-state index in [0.29, 0.717) is 25.8 Å². The van der Waals surface area contributed by atoms with Gasteiger partial charge in [-0.25, -0.2) is 0 Å². The van der Waals surface area contributed by atoms with Gasteiger partial charge in [-0.1, -0.05) is 74.9 Å². The highest BCUT2D eigenvalue weighted by atomic mass is 16.2. The molecule has 0 spiro atoms. The van der Waals surface area contributed by atoms with Crippen molar-refractivity contribution >= 4 is 11.8 Å². The number of hydrogen-bond acceptors (Lipinski definition) is 2. The summed E-state index contributed by atoms with van der Waals surface area (Å²) in [5.41, 5.74) is 4.67. The van der Waals surface area contributed by atoms with Gasteiger partial charge >= 0.3 is 0 Å². The van der Waals surface area contributed by atoms with Crippen LogP contribution in [0.4, 0.5) is 0 Å². The van der Waals surface area contributed by atoms with Crippen LogP contribution in [0.3, 0.4) is 0 Å². The maximum Gasteiger partial charge on any atom is 0.243 e. The van der Waals surface area contributed by atoms with Crippen LogP contribution in [-0.4, -0.2) is 28.8 Å². The van der Waals surface area contributed by atoms with E-state index in [1.165, 1.54) is 11.1 Å². The number of carbonyl (C=O) groups excluding carboxylic acids is 2. The summed E-state index contributed by atoms with van der Waals surface area (Å²) in [7, 11) is 0. The van der Waals surface area contributed by atoms with Gasteiger partial charge in [-0.3, -0.25) is 9.59 Å². The molecule has 0 radical (unpaired) electrons. The SMILES string of the molecule is CCc1ccc(CCC(=O)N(Cc2ccc(C)cc2)[C@H](CC)C(=O)N[C@H](C)CC)cc1. The Morgan fingerprint density at radius 3 is 2.00 bits per heavy atom. The molecule has 0 fully saturated rings. The second-order valence-corrected chi connectivity index (χ2v) is 8.42. The smallest absolute Gasteiger partial charge is 0.243 e. The number of amides is 2. The lowest BCUT2D eigenvalue weighted by Crippen LogP contribution is -2.50. The van der Waals surface area contributed by atoms with Crippen molar-refractivity contribution in [2.75, 3.05) is 0 Å². The van der Waals surface area contributed by atoms with Crippen LogP contribution in [0, 0.1) is 6.92 Å². The van der Waals surface area contributed by atoms with Crippen LogP contribution in [0.15, 0.2) is 48.5 Å². The van der Waals surface area contributed by atoms with Crippen LogP contribution >= 0.6 is 0 Å². The summed E-state index contributed by atoms with van der Waals surface area (Å²) in [5.74, 6) is -0.0455. The van der Waals surface area contributed by atoms with Crippen LogP contribution < -0.4 is 5.32 Å². The van der Waals surface area contributed by atoms with Crippen molar-refractivity contribution in [1.29, 1.82) is 0 Å². The van der Waals surface area contributed by atoms with Crippen molar-refractivity contribution in [2.45, 2.75) is 85.4 Å². The molecule has 4 nitrogen and oxygen atoms in total. The fourth-order valence-corrected chi connectivity index (χ4v) is 3.59. The molecule has 0 aromatic heterocycles. The van der Waals surface area contributed by atoms with Crippen molar-refractivity contribution in [1.82, 2.24) is 10.2 Å². The number of rotatable bonds is 11. The van der Waals surface area contributed by atoms with E-state index >= 15 is 0 Å². The monoisotopic (exact) mass is 422 g/mol. The average Bonchev–Trinajstić information content (AvgIpc) is 2.78. The lowest BCUT2D eigenvalue weighted by atomic mass is 10.0. The fraction of sp³-hybridized carbons (Fsp3) is 0.481. The molecule has 0 aliphatic rings. The molecule has 31 heavy (non-hydrogen) atoms. The molecule has 4 heteroatoms. The van der Waals surface area contributed by atoms with Crippen molar-refractivity contribution in [3.8, 4) is 0 Å². The highest BCUT2D eigenvalue weighted by Gasteiger charge is 2.28. The van der Waals surface area contributed by atoms with E-state index < -0.39 is 6.04 Å². The van der Waals surface area contributed by atoms with Crippen LogP contribution in [0.1, 0.15) is 69.2 Å². The third-order valence-corrected chi connectivity index (χ3v) is 5.92. The predicted octanol–water partition coefficient (Wildman–Crippen LogP) is 5.21. The van der Waals surface area contributed by atoms with Gasteiger partial charge in [-0.2, -0.15) is 0 Å². The molecule has 2 aromatic carbocycles. The average molecular weight is 423 g/mol. The highest BCUT2D eigenvalue weighted by Crippen LogP contribution is 2.16. The number of aryl methyl sites for hydroxylation is 3. The van der Waals surface area contributed by atoms with Crippen molar-refractivity contribution in [3.05, 3.63) is 70.8 Å². The maximum absolute atomic E-state index is 13.3. The van der Waals surface area contributed by atoms with E-state index in [4.69, 9.17) is 0 Å². The Morgan fingerprint density at radius 1 is 0.871 bits per heavy atom. The second-order valence-electron chi connectivity index (χ2n) is 8.42. The first-order chi connectivity index (χ1) is 14.9. The largest absolute Gasteiger partial charge is 0.352 e. The first kappa shape index (κ1) is 24.6. The Hall–Kier alpha value is -2.62. The molecule has 0 aliphatic carbocycles. The Labute approximate surface area is 188 Å². The molecule has 1 N–H and O–H groups in total.